The topological polar surface area (TPSA) is 53.5 Å². The molecule has 6 heteroatoms. The lowest BCUT2D eigenvalue weighted by Crippen LogP contribution is -2.40. The van der Waals surface area contributed by atoms with E-state index in [1.165, 1.54) is 24.9 Å². The Kier molecular flexibility index (Phi) is 5.72. The van der Waals surface area contributed by atoms with E-state index in [-0.39, 0.29) is 0 Å². The lowest BCUT2D eigenvalue weighted by Gasteiger charge is -2.35. The Bertz CT molecular complexity index is 747. The van der Waals surface area contributed by atoms with E-state index in [0.29, 0.717) is 6.04 Å². The van der Waals surface area contributed by atoms with Crippen molar-refractivity contribution in [3.8, 4) is 0 Å². The van der Waals surface area contributed by atoms with Gasteiger partial charge in [0, 0.05) is 31.9 Å². The van der Waals surface area contributed by atoms with E-state index in [9.17, 15) is 0 Å². The van der Waals surface area contributed by atoms with Gasteiger partial charge in [0.05, 0.1) is 24.6 Å². The van der Waals surface area contributed by atoms with E-state index < -0.39 is 0 Å². The van der Waals surface area contributed by atoms with Gasteiger partial charge >= 0.3 is 0 Å². The number of hydrogen-bond acceptors (Lipinski definition) is 6. The summed E-state index contributed by atoms with van der Waals surface area (Å²) < 4.78 is 5.49. The minimum absolute atomic E-state index is 0.551. The molecule has 144 valence electrons. The van der Waals surface area contributed by atoms with Gasteiger partial charge in [-0.15, -0.1) is 0 Å². The molecular formula is C21H29N5O. The molecular weight excluding hydrogens is 338 g/mol. The van der Waals surface area contributed by atoms with Crippen LogP contribution in [0.2, 0.25) is 0 Å². The van der Waals surface area contributed by atoms with Gasteiger partial charge in [-0.3, -0.25) is 0 Å². The molecule has 27 heavy (non-hydrogen) atoms. The van der Waals surface area contributed by atoms with Gasteiger partial charge in [-0.2, -0.15) is 4.98 Å². The zero-order chi connectivity index (χ0) is 18.5. The molecule has 0 aliphatic carbocycles. The van der Waals surface area contributed by atoms with E-state index in [1.807, 2.05) is 12.3 Å². The summed E-state index contributed by atoms with van der Waals surface area (Å²) >= 11 is 0. The van der Waals surface area contributed by atoms with Gasteiger partial charge in [0.1, 0.15) is 5.82 Å². The summed E-state index contributed by atoms with van der Waals surface area (Å²) in [7, 11) is 0. The lowest BCUT2D eigenvalue weighted by atomic mass is 10.0. The van der Waals surface area contributed by atoms with Crippen LogP contribution in [0, 0.1) is 0 Å². The van der Waals surface area contributed by atoms with Crippen LogP contribution >= 0.6 is 0 Å². The summed E-state index contributed by atoms with van der Waals surface area (Å²) in [5.41, 5.74) is 2.28. The van der Waals surface area contributed by atoms with Crippen molar-refractivity contribution in [2.45, 2.75) is 38.6 Å². The van der Waals surface area contributed by atoms with Crippen LogP contribution in [0.25, 0.3) is 0 Å². The van der Waals surface area contributed by atoms with Crippen LogP contribution in [0.15, 0.2) is 36.5 Å². The van der Waals surface area contributed by atoms with Gasteiger partial charge in [0.2, 0.25) is 5.95 Å². The van der Waals surface area contributed by atoms with Crippen LogP contribution in [-0.2, 0) is 4.74 Å². The van der Waals surface area contributed by atoms with Gasteiger partial charge in [-0.1, -0.05) is 19.1 Å². The van der Waals surface area contributed by atoms with E-state index >= 15 is 0 Å². The standard InChI is InChI=1S/C21H29N5O/c1-2-17-7-5-6-12-26(17)21-22-11-10-20(24-21)23-18-8-3-4-9-19(18)25-13-15-27-16-14-25/h3-4,8-11,17H,2,5-7,12-16H2,1H3,(H,22,23,24). The summed E-state index contributed by atoms with van der Waals surface area (Å²) in [6.07, 6.45) is 6.76. The molecule has 1 atom stereocenters. The zero-order valence-electron chi connectivity index (χ0n) is 16.1. The molecule has 1 aromatic carbocycles. The molecule has 1 unspecified atom stereocenters. The van der Waals surface area contributed by atoms with E-state index in [1.54, 1.807) is 0 Å². The van der Waals surface area contributed by atoms with E-state index in [4.69, 9.17) is 9.72 Å². The molecule has 2 aromatic rings. The van der Waals surface area contributed by atoms with Gasteiger partial charge in [0.15, 0.2) is 0 Å². The summed E-state index contributed by atoms with van der Waals surface area (Å²) in [5, 5.41) is 3.52. The summed E-state index contributed by atoms with van der Waals surface area (Å²) in [5.74, 6) is 1.69. The Morgan fingerprint density at radius 3 is 2.81 bits per heavy atom. The van der Waals surface area contributed by atoms with E-state index in [0.717, 1.165) is 56.7 Å². The van der Waals surface area contributed by atoms with Crippen molar-refractivity contribution in [3.63, 3.8) is 0 Å². The Morgan fingerprint density at radius 2 is 1.96 bits per heavy atom. The molecule has 4 rings (SSSR count). The van der Waals surface area contributed by atoms with Crippen molar-refractivity contribution in [2.24, 2.45) is 0 Å². The molecule has 6 nitrogen and oxygen atoms in total. The van der Waals surface area contributed by atoms with Gasteiger partial charge in [-0.25, -0.2) is 4.98 Å². The number of para-hydroxylation sites is 2. The second-order valence-electron chi connectivity index (χ2n) is 7.23. The van der Waals surface area contributed by atoms with Crippen LogP contribution in [0.3, 0.4) is 0 Å². The van der Waals surface area contributed by atoms with E-state index in [2.05, 4.69) is 51.3 Å². The first kappa shape index (κ1) is 18.0. The quantitative estimate of drug-likeness (QED) is 0.867. The Hall–Kier alpha value is -2.34. The fraction of sp³-hybridized carbons (Fsp3) is 0.524. The molecule has 2 aliphatic rings. The van der Waals surface area contributed by atoms with Crippen molar-refractivity contribution in [3.05, 3.63) is 36.5 Å². The number of nitrogens with one attached hydrogen (secondary N) is 1. The van der Waals surface area contributed by atoms with Crippen LogP contribution in [-0.4, -0.2) is 48.9 Å². The predicted octanol–water partition coefficient (Wildman–Crippen LogP) is 3.83. The second-order valence-corrected chi connectivity index (χ2v) is 7.23. The highest BCUT2D eigenvalue weighted by Gasteiger charge is 2.23. The van der Waals surface area contributed by atoms with Crippen LogP contribution < -0.4 is 15.1 Å². The SMILES string of the molecule is CCC1CCCCN1c1nccc(Nc2ccccc2N2CCOCC2)n1. The minimum Gasteiger partial charge on any atom is -0.378 e. The monoisotopic (exact) mass is 367 g/mol. The normalized spacial score (nSPS) is 20.6. The maximum atomic E-state index is 5.49. The molecule has 2 fully saturated rings. The van der Waals surface area contributed by atoms with Crippen molar-refractivity contribution < 1.29 is 4.74 Å². The maximum Gasteiger partial charge on any atom is 0.227 e. The number of aromatic nitrogens is 2. The van der Waals surface area contributed by atoms with Crippen molar-refractivity contribution in [2.75, 3.05) is 48.0 Å². The molecule has 2 saturated heterocycles. The first-order chi connectivity index (χ1) is 13.3. The third-order valence-electron chi connectivity index (χ3n) is 5.52. The molecule has 1 aromatic heterocycles. The number of benzene rings is 1. The number of morpholine rings is 1. The first-order valence-electron chi connectivity index (χ1n) is 10.1. The van der Waals surface area contributed by atoms with Gasteiger partial charge in [-0.05, 0) is 43.9 Å². The summed E-state index contributed by atoms with van der Waals surface area (Å²) in [6, 6.07) is 10.9. The second kappa shape index (κ2) is 8.57. The lowest BCUT2D eigenvalue weighted by molar-refractivity contribution is 0.123. The Morgan fingerprint density at radius 1 is 1.11 bits per heavy atom. The average molecular weight is 367 g/mol. The highest BCUT2D eigenvalue weighted by atomic mass is 16.5. The van der Waals surface area contributed by atoms with Gasteiger partial charge < -0.3 is 19.9 Å². The number of anilines is 4. The number of piperidine rings is 1. The molecule has 0 spiro atoms. The van der Waals surface area contributed by atoms with Crippen molar-refractivity contribution in [1.29, 1.82) is 0 Å². The maximum absolute atomic E-state index is 5.49. The van der Waals surface area contributed by atoms with Crippen LogP contribution in [0.5, 0.6) is 0 Å². The number of hydrogen-bond donors (Lipinski definition) is 1. The summed E-state index contributed by atoms with van der Waals surface area (Å²) in [4.78, 5) is 14.1. The molecule has 3 heterocycles. The number of rotatable bonds is 5. The first-order valence-corrected chi connectivity index (χ1v) is 10.1. The third-order valence-corrected chi connectivity index (χ3v) is 5.52. The number of nitrogens with zero attached hydrogens (tertiary/aromatic N) is 4. The Balaban J connectivity index is 1.55. The molecule has 0 saturated carbocycles. The highest BCUT2D eigenvalue weighted by molar-refractivity contribution is 5.74. The third kappa shape index (κ3) is 4.16. The number of ether oxygens (including phenoxy) is 1. The van der Waals surface area contributed by atoms with Crippen LogP contribution in [0.1, 0.15) is 32.6 Å². The smallest absolute Gasteiger partial charge is 0.227 e. The molecule has 0 bridgehead atoms. The molecule has 1 N–H and O–H groups in total. The fourth-order valence-electron chi connectivity index (χ4n) is 4.04. The summed E-state index contributed by atoms with van der Waals surface area (Å²) in [6.45, 7) is 6.69. The van der Waals surface area contributed by atoms with Crippen LogP contribution in [0.4, 0.5) is 23.1 Å². The molecule has 0 radical (unpaired) electrons. The van der Waals surface area contributed by atoms with Crippen molar-refractivity contribution >= 4 is 23.1 Å². The molecule has 2 aliphatic heterocycles. The predicted molar refractivity (Wildman–Crippen MR) is 110 cm³/mol. The largest absolute Gasteiger partial charge is 0.378 e. The Labute approximate surface area is 161 Å². The average Bonchev–Trinajstić information content (AvgIpc) is 2.75. The minimum atomic E-state index is 0.551. The molecule has 0 amide bonds. The highest BCUT2D eigenvalue weighted by Crippen LogP contribution is 2.30. The van der Waals surface area contributed by atoms with Gasteiger partial charge in [0.25, 0.3) is 0 Å². The fourth-order valence-corrected chi connectivity index (χ4v) is 4.04. The van der Waals surface area contributed by atoms with Crippen molar-refractivity contribution in [1.82, 2.24) is 9.97 Å². The zero-order valence-corrected chi connectivity index (χ0v) is 16.1.